The van der Waals surface area contributed by atoms with Gasteiger partial charge in [-0.2, -0.15) is 0 Å². The number of nitrogens with two attached hydrogens (primary N) is 1. The third-order valence-electron chi connectivity index (χ3n) is 4.63. The maximum Gasteiger partial charge on any atom is 0.274 e. The van der Waals surface area contributed by atoms with E-state index in [-0.39, 0.29) is 17.3 Å². The van der Waals surface area contributed by atoms with Crippen LogP contribution in [0.2, 0.25) is 0 Å². The van der Waals surface area contributed by atoms with Crippen LogP contribution in [0.3, 0.4) is 0 Å². The SMILES string of the molecule is Cn1cccc1C1CCCN1Cc1ccc(C(N)=O)cc1[N+](=O)[O-]. The summed E-state index contributed by atoms with van der Waals surface area (Å²) in [5.41, 5.74) is 7.15. The van der Waals surface area contributed by atoms with Gasteiger partial charge in [0.25, 0.3) is 5.69 Å². The Kier molecular flexibility index (Phi) is 4.35. The number of carbonyl (C=O) groups is 1. The molecule has 1 aromatic carbocycles. The van der Waals surface area contributed by atoms with Gasteiger partial charge in [-0.05, 0) is 37.6 Å². The van der Waals surface area contributed by atoms with Crippen LogP contribution in [0.1, 0.15) is 40.5 Å². The summed E-state index contributed by atoms with van der Waals surface area (Å²) in [6.45, 7) is 1.37. The molecule has 126 valence electrons. The van der Waals surface area contributed by atoms with Gasteiger partial charge in [0.15, 0.2) is 0 Å². The largest absolute Gasteiger partial charge is 0.366 e. The van der Waals surface area contributed by atoms with Crippen molar-refractivity contribution in [1.82, 2.24) is 9.47 Å². The van der Waals surface area contributed by atoms with E-state index in [9.17, 15) is 14.9 Å². The van der Waals surface area contributed by atoms with E-state index >= 15 is 0 Å². The first-order valence-electron chi connectivity index (χ1n) is 7.90. The number of primary amides is 1. The zero-order valence-corrected chi connectivity index (χ0v) is 13.5. The number of carbonyl (C=O) groups excluding carboxylic acids is 1. The molecule has 1 amide bonds. The van der Waals surface area contributed by atoms with Crippen LogP contribution in [0.5, 0.6) is 0 Å². The molecule has 0 radical (unpaired) electrons. The Bertz CT molecular complexity index is 784. The molecule has 3 rings (SSSR count). The number of amides is 1. The lowest BCUT2D eigenvalue weighted by Gasteiger charge is -2.25. The van der Waals surface area contributed by atoms with Crippen molar-refractivity contribution in [1.29, 1.82) is 0 Å². The molecule has 0 bridgehead atoms. The Balaban J connectivity index is 1.89. The lowest BCUT2D eigenvalue weighted by atomic mass is 10.1. The average molecular weight is 328 g/mol. The molecule has 1 fully saturated rings. The Morgan fingerprint density at radius 1 is 1.42 bits per heavy atom. The molecule has 24 heavy (non-hydrogen) atoms. The van der Waals surface area contributed by atoms with Gasteiger partial charge >= 0.3 is 0 Å². The number of likely N-dealkylation sites (tertiary alicyclic amines) is 1. The highest BCUT2D eigenvalue weighted by Crippen LogP contribution is 2.34. The number of hydrogen-bond donors (Lipinski definition) is 1. The van der Waals surface area contributed by atoms with Gasteiger partial charge in [0, 0.05) is 42.7 Å². The van der Waals surface area contributed by atoms with E-state index in [0.717, 1.165) is 19.4 Å². The van der Waals surface area contributed by atoms with Crippen LogP contribution >= 0.6 is 0 Å². The summed E-state index contributed by atoms with van der Waals surface area (Å²) >= 11 is 0. The van der Waals surface area contributed by atoms with Crippen molar-refractivity contribution in [3.63, 3.8) is 0 Å². The molecule has 1 unspecified atom stereocenters. The minimum Gasteiger partial charge on any atom is -0.366 e. The summed E-state index contributed by atoms with van der Waals surface area (Å²) in [6.07, 6.45) is 4.10. The highest BCUT2D eigenvalue weighted by Gasteiger charge is 2.29. The molecule has 7 nitrogen and oxygen atoms in total. The smallest absolute Gasteiger partial charge is 0.274 e. The van der Waals surface area contributed by atoms with Gasteiger partial charge in [0.1, 0.15) is 0 Å². The molecular weight excluding hydrogens is 308 g/mol. The fraction of sp³-hybridized carbons (Fsp3) is 0.353. The van der Waals surface area contributed by atoms with Gasteiger partial charge in [0.2, 0.25) is 5.91 Å². The zero-order chi connectivity index (χ0) is 17.3. The predicted octanol–water partition coefficient (Wildman–Crippen LogP) is 2.37. The zero-order valence-electron chi connectivity index (χ0n) is 13.5. The lowest BCUT2D eigenvalue weighted by molar-refractivity contribution is -0.385. The number of rotatable bonds is 5. The van der Waals surface area contributed by atoms with E-state index < -0.39 is 10.8 Å². The molecule has 1 atom stereocenters. The summed E-state index contributed by atoms with van der Waals surface area (Å²) < 4.78 is 2.09. The minimum atomic E-state index is -0.660. The van der Waals surface area contributed by atoms with E-state index in [1.54, 1.807) is 12.1 Å². The normalized spacial score (nSPS) is 18.0. The van der Waals surface area contributed by atoms with Crippen molar-refractivity contribution in [3.8, 4) is 0 Å². The lowest BCUT2D eigenvalue weighted by Crippen LogP contribution is -2.24. The van der Waals surface area contributed by atoms with Crippen molar-refractivity contribution in [2.45, 2.75) is 25.4 Å². The number of nitro groups is 1. The summed E-state index contributed by atoms with van der Waals surface area (Å²) in [5.74, 6) is -0.660. The highest BCUT2D eigenvalue weighted by molar-refractivity contribution is 5.93. The van der Waals surface area contributed by atoms with Gasteiger partial charge in [-0.25, -0.2) is 0 Å². The van der Waals surface area contributed by atoms with Crippen molar-refractivity contribution >= 4 is 11.6 Å². The fourth-order valence-electron chi connectivity index (χ4n) is 3.41. The van der Waals surface area contributed by atoms with Crippen molar-refractivity contribution in [2.24, 2.45) is 12.8 Å². The average Bonchev–Trinajstić information content (AvgIpc) is 3.15. The molecule has 2 heterocycles. The molecule has 1 aromatic heterocycles. The monoisotopic (exact) mass is 328 g/mol. The second-order valence-electron chi connectivity index (χ2n) is 6.14. The minimum absolute atomic E-state index is 0.0520. The predicted molar refractivity (Wildman–Crippen MR) is 89.4 cm³/mol. The molecule has 7 heteroatoms. The number of benzene rings is 1. The Morgan fingerprint density at radius 3 is 2.83 bits per heavy atom. The van der Waals surface area contributed by atoms with Gasteiger partial charge < -0.3 is 10.3 Å². The molecule has 1 aliphatic heterocycles. The second kappa shape index (κ2) is 6.45. The first-order valence-corrected chi connectivity index (χ1v) is 7.90. The molecule has 2 N–H and O–H groups in total. The van der Waals surface area contributed by atoms with Crippen LogP contribution in [0.15, 0.2) is 36.5 Å². The third-order valence-corrected chi connectivity index (χ3v) is 4.63. The van der Waals surface area contributed by atoms with Gasteiger partial charge in [-0.1, -0.05) is 6.07 Å². The Hall–Kier alpha value is -2.67. The molecule has 0 saturated carbocycles. The van der Waals surface area contributed by atoms with Crippen LogP contribution in [-0.2, 0) is 13.6 Å². The number of aryl methyl sites for hydroxylation is 1. The highest BCUT2D eigenvalue weighted by atomic mass is 16.6. The maximum absolute atomic E-state index is 11.4. The topological polar surface area (TPSA) is 94.4 Å². The van der Waals surface area contributed by atoms with Crippen molar-refractivity contribution in [2.75, 3.05) is 6.54 Å². The molecule has 1 aliphatic rings. The van der Waals surface area contributed by atoms with Gasteiger partial charge in [0.05, 0.1) is 11.0 Å². The van der Waals surface area contributed by atoms with E-state index in [0.29, 0.717) is 12.1 Å². The molecule has 1 saturated heterocycles. The number of aromatic nitrogens is 1. The van der Waals surface area contributed by atoms with E-state index in [1.807, 2.05) is 19.3 Å². The van der Waals surface area contributed by atoms with Crippen molar-refractivity contribution < 1.29 is 9.72 Å². The van der Waals surface area contributed by atoms with E-state index in [1.165, 1.54) is 11.8 Å². The first-order chi connectivity index (χ1) is 11.5. The summed E-state index contributed by atoms with van der Waals surface area (Å²) in [7, 11) is 2.01. The van der Waals surface area contributed by atoms with Crippen molar-refractivity contribution in [3.05, 3.63) is 63.5 Å². The molecule has 2 aromatic rings. The molecule has 0 aliphatic carbocycles. The summed E-state index contributed by atoms with van der Waals surface area (Å²) in [4.78, 5) is 24.4. The van der Waals surface area contributed by atoms with Crippen LogP contribution < -0.4 is 5.73 Å². The Labute approximate surface area is 139 Å². The van der Waals surface area contributed by atoms with Crippen LogP contribution in [0, 0.1) is 10.1 Å². The van der Waals surface area contributed by atoms with Crippen LogP contribution in [-0.4, -0.2) is 26.8 Å². The maximum atomic E-state index is 11.4. The fourth-order valence-corrected chi connectivity index (χ4v) is 3.41. The van der Waals surface area contributed by atoms with Crippen LogP contribution in [0.4, 0.5) is 5.69 Å². The Morgan fingerprint density at radius 2 is 2.21 bits per heavy atom. The number of hydrogen-bond acceptors (Lipinski definition) is 4. The second-order valence-corrected chi connectivity index (χ2v) is 6.14. The first kappa shape index (κ1) is 16.2. The van der Waals surface area contributed by atoms with Crippen LogP contribution in [0.25, 0.3) is 0 Å². The summed E-state index contributed by atoms with van der Waals surface area (Å²) in [5, 5.41) is 11.4. The van der Waals surface area contributed by atoms with Gasteiger partial charge in [-0.15, -0.1) is 0 Å². The quantitative estimate of drug-likeness (QED) is 0.673. The number of nitro benzene ring substituents is 1. The molecule has 0 spiro atoms. The standard InChI is InChI=1S/C17H20N4O3/c1-19-8-2-4-14(19)15-5-3-9-20(15)11-13-7-6-12(17(18)22)10-16(13)21(23)24/h2,4,6-8,10,15H,3,5,9,11H2,1H3,(H2,18,22). The van der Waals surface area contributed by atoms with E-state index in [4.69, 9.17) is 5.73 Å². The van der Waals surface area contributed by atoms with Gasteiger partial charge in [-0.3, -0.25) is 19.8 Å². The molecular formula is C17H20N4O3. The summed E-state index contributed by atoms with van der Waals surface area (Å²) in [6, 6.07) is 8.81. The third kappa shape index (κ3) is 3.03. The number of nitrogens with zero attached hydrogens (tertiary/aromatic N) is 3. The van der Waals surface area contributed by atoms with E-state index in [2.05, 4.69) is 15.5 Å².